The first-order valence-corrected chi connectivity index (χ1v) is 4.74. The molecular formula is C10H9N5O. The minimum Gasteiger partial charge on any atom is -0.382 e. The highest BCUT2D eigenvalue weighted by Gasteiger charge is 2.02. The highest BCUT2D eigenvalue weighted by molar-refractivity contribution is 5.53. The van der Waals surface area contributed by atoms with Crippen molar-refractivity contribution < 1.29 is 4.52 Å². The standard InChI is InChI=1S/C10H9N5O/c11-6-9-8(2-1-4-12-9)13-5-3-10-14-7-16-15-10/h1-2,4,7,13H,3,5H2. The van der Waals surface area contributed by atoms with E-state index in [0.29, 0.717) is 30.2 Å². The molecule has 0 aromatic carbocycles. The molecule has 0 bridgehead atoms. The van der Waals surface area contributed by atoms with Crippen LogP contribution in [0, 0.1) is 11.3 Å². The van der Waals surface area contributed by atoms with Crippen molar-refractivity contribution in [1.82, 2.24) is 15.1 Å². The highest BCUT2D eigenvalue weighted by atomic mass is 16.5. The number of hydrogen-bond acceptors (Lipinski definition) is 6. The topological polar surface area (TPSA) is 87.6 Å². The van der Waals surface area contributed by atoms with E-state index in [1.165, 1.54) is 6.39 Å². The zero-order valence-corrected chi connectivity index (χ0v) is 8.42. The van der Waals surface area contributed by atoms with Crippen LogP contribution >= 0.6 is 0 Å². The van der Waals surface area contributed by atoms with Crippen LogP contribution in [0.2, 0.25) is 0 Å². The van der Waals surface area contributed by atoms with Crippen LogP contribution in [0.25, 0.3) is 0 Å². The quantitative estimate of drug-likeness (QED) is 0.818. The zero-order valence-electron chi connectivity index (χ0n) is 8.42. The number of hydrogen-bond donors (Lipinski definition) is 1. The summed E-state index contributed by atoms with van der Waals surface area (Å²) in [5, 5.41) is 15.6. The molecule has 0 saturated carbocycles. The summed E-state index contributed by atoms with van der Waals surface area (Å²) in [5.74, 6) is 0.634. The highest BCUT2D eigenvalue weighted by Crippen LogP contribution is 2.10. The Hall–Kier alpha value is -2.42. The Kier molecular flexibility index (Phi) is 3.09. The maximum Gasteiger partial charge on any atom is 0.213 e. The third-order valence-electron chi connectivity index (χ3n) is 1.98. The molecule has 1 N–H and O–H groups in total. The minimum atomic E-state index is 0.385. The summed E-state index contributed by atoms with van der Waals surface area (Å²) in [4.78, 5) is 7.83. The summed E-state index contributed by atoms with van der Waals surface area (Å²) in [6, 6.07) is 5.60. The van der Waals surface area contributed by atoms with Crippen molar-refractivity contribution in [3.8, 4) is 6.07 Å². The number of anilines is 1. The number of nitrogens with zero attached hydrogens (tertiary/aromatic N) is 4. The van der Waals surface area contributed by atoms with E-state index in [0.717, 1.165) is 0 Å². The fraction of sp³-hybridized carbons (Fsp3) is 0.200. The van der Waals surface area contributed by atoms with E-state index in [-0.39, 0.29) is 0 Å². The monoisotopic (exact) mass is 215 g/mol. The number of rotatable bonds is 4. The summed E-state index contributed by atoms with van der Waals surface area (Å²) >= 11 is 0. The molecule has 0 spiro atoms. The summed E-state index contributed by atoms with van der Waals surface area (Å²) in [6.45, 7) is 0.625. The fourth-order valence-electron chi connectivity index (χ4n) is 1.25. The lowest BCUT2D eigenvalue weighted by Gasteiger charge is -2.04. The van der Waals surface area contributed by atoms with E-state index in [1.54, 1.807) is 12.3 Å². The predicted molar refractivity (Wildman–Crippen MR) is 55.4 cm³/mol. The first-order chi connectivity index (χ1) is 7.90. The first-order valence-electron chi connectivity index (χ1n) is 4.74. The van der Waals surface area contributed by atoms with Crippen molar-refractivity contribution >= 4 is 5.69 Å². The Morgan fingerprint density at radius 2 is 2.38 bits per heavy atom. The molecule has 2 aromatic rings. The van der Waals surface area contributed by atoms with Gasteiger partial charge in [0.15, 0.2) is 11.5 Å². The van der Waals surface area contributed by atoms with Gasteiger partial charge in [-0.1, -0.05) is 5.16 Å². The van der Waals surface area contributed by atoms with Gasteiger partial charge in [0.25, 0.3) is 0 Å². The lowest BCUT2D eigenvalue weighted by molar-refractivity contribution is 0.410. The SMILES string of the molecule is N#Cc1ncccc1NCCc1ncon1. The average molecular weight is 215 g/mol. The first kappa shape index (κ1) is 10.1. The van der Waals surface area contributed by atoms with Gasteiger partial charge in [0.05, 0.1) is 5.69 Å². The molecule has 0 saturated heterocycles. The maximum atomic E-state index is 8.81. The van der Waals surface area contributed by atoms with Gasteiger partial charge in [0, 0.05) is 19.2 Å². The van der Waals surface area contributed by atoms with Gasteiger partial charge in [0.1, 0.15) is 6.07 Å². The van der Waals surface area contributed by atoms with Crippen LogP contribution in [-0.4, -0.2) is 21.7 Å². The smallest absolute Gasteiger partial charge is 0.213 e. The molecule has 0 aliphatic heterocycles. The second kappa shape index (κ2) is 4.89. The molecule has 0 unspecified atom stereocenters. The second-order valence-electron chi connectivity index (χ2n) is 3.04. The predicted octanol–water partition coefficient (Wildman–Crippen LogP) is 0.991. The molecule has 2 rings (SSSR count). The Labute approximate surface area is 91.9 Å². The molecule has 80 valence electrons. The average Bonchev–Trinajstić information content (AvgIpc) is 2.83. The minimum absolute atomic E-state index is 0.385. The van der Waals surface area contributed by atoms with Crippen molar-refractivity contribution in [3.63, 3.8) is 0 Å². The summed E-state index contributed by atoms with van der Waals surface area (Å²) in [6.07, 6.45) is 3.51. The van der Waals surface area contributed by atoms with E-state index in [4.69, 9.17) is 5.26 Å². The summed E-state index contributed by atoms with van der Waals surface area (Å²) in [7, 11) is 0. The van der Waals surface area contributed by atoms with E-state index < -0.39 is 0 Å². The molecule has 0 atom stereocenters. The van der Waals surface area contributed by atoms with Crippen LogP contribution in [0.15, 0.2) is 29.2 Å². The molecule has 2 aromatic heterocycles. The lowest BCUT2D eigenvalue weighted by Crippen LogP contribution is -2.07. The van der Waals surface area contributed by atoms with Gasteiger partial charge in [-0.2, -0.15) is 10.2 Å². The largest absolute Gasteiger partial charge is 0.382 e. The van der Waals surface area contributed by atoms with Crippen molar-refractivity contribution in [2.24, 2.45) is 0 Å². The lowest BCUT2D eigenvalue weighted by atomic mass is 10.3. The van der Waals surface area contributed by atoms with E-state index in [9.17, 15) is 0 Å². The van der Waals surface area contributed by atoms with Crippen LogP contribution in [0.4, 0.5) is 5.69 Å². The molecule has 16 heavy (non-hydrogen) atoms. The van der Waals surface area contributed by atoms with E-state index in [2.05, 4.69) is 25.0 Å². The normalized spacial score (nSPS) is 9.69. The number of nitriles is 1. The molecular weight excluding hydrogens is 206 g/mol. The molecule has 6 nitrogen and oxygen atoms in total. The van der Waals surface area contributed by atoms with E-state index in [1.807, 2.05) is 12.1 Å². The second-order valence-corrected chi connectivity index (χ2v) is 3.04. The van der Waals surface area contributed by atoms with Crippen molar-refractivity contribution in [3.05, 3.63) is 36.2 Å². The fourth-order valence-corrected chi connectivity index (χ4v) is 1.25. The molecule has 0 fully saturated rings. The molecule has 0 amide bonds. The van der Waals surface area contributed by atoms with Crippen LogP contribution < -0.4 is 5.32 Å². The van der Waals surface area contributed by atoms with Gasteiger partial charge in [0.2, 0.25) is 6.39 Å². The van der Waals surface area contributed by atoms with Gasteiger partial charge < -0.3 is 9.84 Å². The van der Waals surface area contributed by atoms with Crippen molar-refractivity contribution in [1.29, 1.82) is 5.26 Å². The van der Waals surface area contributed by atoms with E-state index >= 15 is 0 Å². The van der Waals surface area contributed by atoms with Gasteiger partial charge in [-0.05, 0) is 12.1 Å². The Morgan fingerprint density at radius 3 is 3.12 bits per heavy atom. The van der Waals surface area contributed by atoms with Crippen molar-refractivity contribution in [2.75, 3.05) is 11.9 Å². The molecule has 0 radical (unpaired) electrons. The van der Waals surface area contributed by atoms with Gasteiger partial charge in [-0.3, -0.25) is 0 Å². The summed E-state index contributed by atoms with van der Waals surface area (Å²) < 4.78 is 4.61. The number of nitrogens with one attached hydrogen (secondary N) is 1. The summed E-state index contributed by atoms with van der Waals surface area (Å²) in [5.41, 5.74) is 1.10. The van der Waals surface area contributed by atoms with Gasteiger partial charge >= 0.3 is 0 Å². The zero-order chi connectivity index (χ0) is 11.2. The Balaban J connectivity index is 1.93. The third kappa shape index (κ3) is 2.33. The van der Waals surface area contributed by atoms with Crippen molar-refractivity contribution in [2.45, 2.75) is 6.42 Å². The van der Waals surface area contributed by atoms with Crippen LogP contribution in [-0.2, 0) is 6.42 Å². The molecule has 2 heterocycles. The Bertz CT molecular complexity index is 488. The molecule has 6 heteroatoms. The number of aromatic nitrogens is 3. The maximum absolute atomic E-state index is 8.81. The Morgan fingerprint density at radius 1 is 1.44 bits per heavy atom. The van der Waals surface area contributed by atoms with Crippen LogP contribution in [0.1, 0.15) is 11.5 Å². The third-order valence-corrected chi connectivity index (χ3v) is 1.98. The van der Waals surface area contributed by atoms with Gasteiger partial charge in [-0.25, -0.2) is 4.98 Å². The van der Waals surface area contributed by atoms with Crippen LogP contribution in [0.3, 0.4) is 0 Å². The molecule has 0 aliphatic carbocycles. The molecule has 0 aliphatic rings. The number of pyridine rings is 1. The van der Waals surface area contributed by atoms with Gasteiger partial charge in [-0.15, -0.1) is 0 Å². The van der Waals surface area contributed by atoms with Crippen LogP contribution in [0.5, 0.6) is 0 Å².